The minimum atomic E-state index is -5.82. The average molecular weight is 550 g/mol. The quantitative estimate of drug-likeness (QED) is 0.142. The number of phosphoric ester groups is 1. The summed E-state index contributed by atoms with van der Waals surface area (Å²) >= 11 is 6.27. The van der Waals surface area contributed by atoms with E-state index in [9.17, 15) is 32.9 Å². The van der Waals surface area contributed by atoms with Crippen LogP contribution in [0.2, 0.25) is 0 Å². The molecule has 3 unspecified atom stereocenters. The van der Waals surface area contributed by atoms with Crippen molar-refractivity contribution in [3.63, 3.8) is 0 Å². The summed E-state index contributed by atoms with van der Waals surface area (Å²) in [6.45, 7) is -1.75. The first-order valence-corrected chi connectivity index (χ1v) is 13.2. The van der Waals surface area contributed by atoms with Crippen molar-refractivity contribution in [2.45, 2.75) is 35.9 Å². The topological polar surface area (TPSA) is 248 Å². The molecular formula is C11H20ClFN3O13P3. The van der Waals surface area contributed by atoms with Crippen LogP contribution in [0.4, 0.5) is 9.18 Å². The van der Waals surface area contributed by atoms with Crippen molar-refractivity contribution >= 4 is 41.1 Å². The van der Waals surface area contributed by atoms with Crippen molar-refractivity contribution in [2.75, 3.05) is 13.3 Å². The molecule has 2 heterocycles. The molecule has 2 aliphatic heterocycles. The average Bonchev–Trinajstić information content (AvgIpc) is 2.78. The standard InChI is InChI=1S/C11H20ClFN3O13P3/c1-10(12)7(17)11(4-13,27-8(10)16-3-2-6(14)15-9(16)18)5-26-31(22,23)29-32(24,25)28-30(19,20)21/h2-3,6-8,17H,4-5,14H2,1H3,(H,15,18)(H,22,23)(H,24,25)(H2,19,20,21)/t6?,7-,8+,10+,11+/m0/s1. The highest BCUT2D eigenvalue weighted by Gasteiger charge is 2.64. The number of amides is 2. The number of alkyl halides is 2. The van der Waals surface area contributed by atoms with Gasteiger partial charge in [-0.05, 0) is 13.0 Å². The van der Waals surface area contributed by atoms with Crippen molar-refractivity contribution in [1.29, 1.82) is 0 Å². The van der Waals surface area contributed by atoms with Crippen LogP contribution < -0.4 is 11.1 Å². The molecule has 2 aliphatic rings. The molecule has 0 bridgehead atoms. The van der Waals surface area contributed by atoms with E-state index in [4.69, 9.17) is 36.8 Å². The number of hydrogen-bond acceptors (Lipinski definition) is 10. The normalized spacial score (nSPS) is 37.1. The number of halogens is 2. The maximum atomic E-state index is 14.0. The van der Waals surface area contributed by atoms with Crippen LogP contribution >= 0.6 is 35.1 Å². The van der Waals surface area contributed by atoms with E-state index in [1.165, 1.54) is 13.0 Å². The number of nitrogens with zero attached hydrogens (tertiary/aromatic N) is 1. The predicted octanol–water partition coefficient (Wildman–Crippen LogP) is -0.424. The molecule has 16 nitrogen and oxygen atoms in total. The lowest BCUT2D eigenvalue weighted by atomic mass is 9.91. The van der Waals surface area contributed by atoms with Crippen LogP contribution in [0, 0.1) is 0 Å². The Kier molecular flexibility index (Phi) is 8.06. The zero-order valence-electron chi connectivity index (χ0n) is 15.9. The molecule has 186 valence electrons. The van der Waals surface area contributed by atoms with Gasteiger partial charge in [0, 0.05) is 6.20 Å². The van der Waals surface area contributed by atoms with Crippen molar-refractivity contribution in [2.24, 2.45) is 5.73 Å². The second-order valence-corrected chi connectivity index (χ2v) is 12.0. The van der Waals surface area contributed by atoms with Crippen LogP contribution in [0.15, 0.2) is 12.3 Å². The van der Waals surface area contributed by atoms with Crippen LogP contribution in [-0.4, -0.2) is 77.9 Å². The van der Waals surface area contributed by atoms with Crippen LogP contribution in [0.3, 0.4) is 0 Å². The molecule has 0 aromatic rings. The molecule has 8 N–H and O–H groups in total. The summed E-state index contributed by atoms with van der Waals surface area (Å²) in [5.74, 6) is 0. The second kappa shape index (κ2) is 9.29. The first kappa shape index (κ1) is 27.8. The number of urea groups is 1. The fraction of sp³-hybridized carbons (Fsp3) is 0.727. The van der Waals surface area contributed by atoms with Gasteiger partial charge in [-0.3, -0.25) is 9.42 Å². The first-order valence-electron chi connectivity index (χ1n) is 8.26. The second-order valence-electron chi connectivity index (χ2n) is 6.81. The number of rotatable bonds is 9. The Bertz CT molecular complexity index is 917. The number of nitrogens with two attached hydrogens (primary N) is 1. The Morgan fingerprint density at radius 2 is 1.88 bits per heavy atom. The minimum Gasteiger partial charge on any atom is -0.388 e. The third-order valence-corrected chi connectivity index (χ3v) is 8.38. The SMILES string of the molecule is C[C@@]1(Cl)[C@H](O)[C@@](CF)(COP(=O)(O)OP(=O)(O)OP(=O)(O)O)O[C@H]1N1C=CC(N)NC1=O. The van der Waals surface area contributed by atoms with Crippen LogP contribution in [0.25, 0.3) is 0 Å². The maximum Gasteiger partial charge on any atom is 0.490 e. The van der Waals surface area contributed by atoms with E-state index >= 15 is 0 Å². The number of nitrogens with one attached hydrogen (secondary N) is 1. The summed E-state index contributed by atoms with van der Waals surface area (Å²) in [6, 6.07) is -0.827. The molecule has 0 spiro atoms. The van der Waals surface area contributed by atoms with Crippen molar-refractivity contribution in [1.82, 2.24) is 10.2 Å². The summed E-state index contributed by atoms with van der Waals surface area (Å²) in [6.07, 6.45) is -1.93. The van der Waals surface area contributed by atoms with Gasteiger partial charge in [0.25, 0.3) is 0 Å². The number of carbonyl (C=O) groups excluding carboxylic acids is 1. The zero-order valence-corrected chi connectivity index (χ0v) is 19.4. The van der Waals surface area contributed by atoms with Gasteiger partial charge in [-0.15, -0.1) is 11.6 Å². The van der Waals surface area contributed by atoms with Gasteiger partial charge in [0.1, 0.15) is 17.7 Å². The summed E-state index contributed by atoms with van der Waals surface area (Å²) in [7, 11) is -17.1. The highest BCUT2D eigenvalue weighted by atomic mass is 35.5. The molecule has 0 aromatic heterocycles. The van der Waals surface area contributed by atoms with E-state index < -0.39 is 71.8 Å². The highest BCUT2D eigenvalue weighted by Crippen LogP contribution is 2.66. The maximum absolute atomic E-state index is 14.0. The third kappa shape index (κ3) is 6.34. The van der Waals surface area contributed by atoms with E-state index in [0.717, 1.165) is 11.1 Å². The van der Waals surface area contributed by atoms with E-state index in [2.05, 4.69) is 18.5 Å². The molecule has 0 radical (unpaired) electrons. The Morgan fingerprint density at radius 3 is 2.38 bits per heavy atom. The van der Waals surface area contributed by atoms with Crippen molar-refractivity contribution in [3.8, 4) is 0 Å². The van der Waals surface area contributed by atoms with Gasteiger partial charge in [0.2, 0.25) is 0 Å². The fourth-order valence-electron chi connectivity index (χ4n) is 2.83. The Morgan fingerprint density at radius 1 is 1.28 bits per heavy atom. The highest BCUT2D eigenvalue weighted by molar-refractivity contribution is 7.66. The first-order chi connectivity index (χ1) is 14.3. The van der Waals surface area contributed by atoms with Gasteiger partial charge in [0.05, 0.1) is 12.8 Å². The van der Waals surface area contributed by atoms with Crippen molar-refractivity contribution < 1.29 is 65.4 Å². The molecule has 2 amide bonds. The fourth-order valence-corrected chi connectivity index (χ4v) is 6.26. The number of phosphoric acid groups is 3. The van der Waals surface area contributed by atoms with Gasteiger partial charge in [-0.2, -0.15) is 8.62 Å². The Balaban J connectivity index is 2.21. The van der Waals surface area contributed by atoms with Gasteiger partial charge in [0.15, 0.2) is 11.8 Å². The molecule has 1 saturated heterocycles. The molecule has 0 saturated carbocycles. The van der Waals surface area contributed by atoms with Gasteiger partial charge < -0.3 is 40.5 Å². The van der Waals surface area contributed by atoms with E-state index in [0.29, 0.717) is 0 Å². The molecule has 21 heteroatoms. The number of ether oxygens (including phenoxy) is 1. The lowest BCUT2D eigenvalue weighted by molar-refractivity contribution is -0.138. The van der Waals surface area contributed by atoms with Gasteiger partial charge in [-0.25, -0.2) is 22.9 Å². The molecule has 0 aliphatic carbocycles. The van der Waals surface area contributed by atoms with Crippen molar-refractivity contribution in [3.05, 3.63) is 12.3 Å². The van der Waals surface area contributed by atoms with E-state index in [1.807, 2.05) is 0 Å². The summed E-state index contributed by atoms with van der Waals surface area (Å²) in [5.41, 5.74) is 3.03. The largest absolute Gasteiger partial charge is 0.490 e. The van der Waals surface area contributed by atoms with Crippen LogP contribution in [0.5, 0.6) is 0 Å². The van der Waals surface area contributed by atoms with Gasteiger partial charge in [-0.1, -0.05) is 0 Å². The van der Waals surface area contributed by atoms with E-state index in [1.54, 1.807) is 0 Å². The Labute approximate surface area is 184 Å². The smallest absolute Gasteiger partial charge is 0.388 e. The Hall–Kier alpha value is -0.480. The summed E-state index contributed by atoms with van der Waals surface area (Å²) < 4.78 is 64.8. The van der Waals surface area contributed by atoms with Crippen LogP contribution in [-0.2, 0) is 31.6 Å². The number of carbonyl (C=O) groups is 1. The minimum absolute atomic E-state index is 0.827. The molecule has 7 atom stereocenters. The number of aliphatic hydroxyl groups excluding tert-OH is 1. The molecule has 32 heavy (non-hydrogen) atoms. The lowest BCUT2D eigenvalue weighted by Gasteiger charge is -2.35. The zero-order chi connectivity index (χ0) is 24.8. The number of aliphatic hydroxyl groups is 1. The molecule has 0 aromatic carbocycles. The van der Waals surface area contributed by atoms with Crippen LogP contribution in [0.1, 0.15) is 6.92 Å². The predicted molar refractivity (Wildman–Crippen MR) is 101 cm³/mol. The number of hydrogen-bond donors (Lipinski definition) is 7. The molecular weight excluding hydrogens is 530 g/mol. The van der Waals surface area contributed by atoms with Gasteiger partial charge >= 0.3 is 29.5 Å². The lowest BCUT2D eigenvalue weighted by Crippen LogP contribution is -2.57. The third-order valence-electron chi connectivity index (χ3n) is 4.21. The monoisotopic (exact) mass is 549 g/mol. The molecule has 2 rings (SSSR count). The summed E-state index contributed by atoms with van der Waals surface area (Å²) in [4.78, 5) is 46.9. The molecule has 1 fully saturated rings. The summed E-state index contributed by atoms with van der Waals surface area (Å²) in [5, 5.41) is 12.9. The van der Waals surface area contributed by atoms with E-state index in [-0.39, 0.29) is 0 Å².